The minimum absolute atomic E-state index is 0.596. The van der Waals surface area contributed by atoms with Gasteiger partial charge in [0.05, 0.1) is 6.54 Å². The molecular formula is C6H10BrN3. The Labute approximate surface area is 68.3 Å². The van der Waals surface area contributed by atoms with E-state index in [9.17, 15) is 0 Å². The Kier molecular flexibility index (Phi) is 2.32. The lowest BCUT2D eigenvalue weighted by molar-refractivity contribution is 0.651. The number of nitrogen functional groups attached to an aromatic ring is 1. The van der Waals surface area contributed by atoms with Gasteiger partial charge in [0.25, 0.3) is 0 Å². The van der Waals surface area contributed by atoms with Crippen LogP contribution in [0.15, 0.2) is 6.07 Å². The van der Waals surface area contributed by atoms with Gasteiger partial charge in [-0.25, -0.2) is 0 Å². The normalized spacial score (nSPS) is 10.2. The molecule has 1 heterocycles. The van der Waals surface area contributed by atoms with Crippen LogP contribution in [0.3, 0.4) is 0 Å². The van der Waals surface area contributed by atoms with Gasteiger partial charge in [0.15, 0.2) is 0 Å². The van der Waals surface area contributed by atoms with E-state index in [1.165, 1.54) is 0 Å². The van der Waals surface area contributed by atoms with Crippen molar-refractivity contribution in [1.82, 2.24) is 9.78 Å². The number of hydrogen-bond donors (Lipinski definition) is 1. The molecule has 0 saturated heterocycles. The van der Waals surface area contributed by atoms with Gasteiger partial charge in [-0.15, -0.1) is 0 Å². The number of hydrogen-bond acceptors (Lipinski definition) is 2. The molecule has 4 heteroatoms. The van der Waals surface area contributed by atoms with Gasteiger partial charge in [-0.1, -0.05) is 15.9 Å². The first-order valence-electron chi connectivity index (χ1n) is 3.10. The van der Waals surface area contributed by atoms with Crippen LogP contribution >= 0.6 is 15.9 Å². The zero-order chi connectivity index (χ0) is 7.56. The summed E-state index contributed by atoms with van der Waals surface area (Å²) in [6.45, 7) is 2.87. The molecule has 56 valence electrons. The monoisotopic (exact) mass is 203 g/mol. The van der Waals surface area contributed by atoms with Gasteiger partial charge in [0.2, 0.25) is 0 Å². The van der Waals surface area contributed by atoms with E-state index >= 15 is 0 Å². The molecule has 0 aliphatic rings. The Morgan fingerprint density at radius 1 is 1.80 bits per heavy atom. The van der Waals surface area contributed by atoms with E-state index in [4.69, 9.17) is 5.73 Å². The Bertz CT molecular complexity index is 219. The van der Waals surface area contributed by atoms with Crippen molar-refractivity contribution < 1.29 is 0 Å². The molecule has 0 aliphatic carbocycles. The molecule has 0 atom stereocenters. The number of anilines is 1. The average Bonchev–Trinajstić information content (AvgIpc) is 2.13. The van der Waals surface area contributed by atoms with Crippen molar-refractivity contribution in [3.63, 3.8) is 0 Å². The van der Waals surface area contributed by atoms with Gasteiger partial charge in [-0.05, 0) is 6.92 Å². The molecule has 1 aromatic rings. The van der Waals surface area contributed by atoms with Crippen molar-refractivity contribution in [2.24, 2.45) is 0 Å². The number of aryl methyl sites for hydroxylation is 2. The van der Waals surface area contributed by atoms with Crippen LogP contribution in [0.4, 0.5) is 5.82 Å². The van der Waals surface area contributed by atoms with Crippen LogP contribution in [-0.4, -0.2) is 15.1 Å². The zero-order valence-electron chi connectivity index (χ0n) is 5.84. The van der Waals surface area contributed by atoms with E-state index < -0.39 is 0 Å². The largest absolute Gasteiger partial charge is 0.382 e. The molecule has 0 fully saturated rings. The van der Waals surface area contributed by atoms with E-state index in [2.05, 4.69) is 21.0 Å². The minimum atomic E-state index is 0.596. The first-order valence-corrected chi connectivity index (χ1v) is 4.22. The second-order valence-electron chi connectivity index (χ2n) is 2.12. The Balaban J connectivity index is 2.81. The lowest BCUT2D eigenvalue weighted by Crippen LogP contribution is -2.03. The molecular weight excluding hydrogens is 194 g/mol. The summed E-state index contributed by atoms with van der Waals surface area (Å²) in [5, 5.41) is 4.98. The number of nitrogens with two attached hydrogens (primary N) is 1. The summed E-state index contributed by atoms with van der Waals surface area (Å²) in [4.78, 5) is 0. The molecule has 0 spiro atoms. The zero-order valence-corrected chi connectivity index (χ0v) is 7.43. The molecule has 10 heavy (non-hydrogen) atoms. The quantitative estimate of drug-likeness (QED) is 0.734. The van der Waals surface area contributed by atoms with Crippen LogP contribution in [0, 0.1) is 6.92 Å². The smallest absolute Gasteiger partial charge is 0.145 e. The summed E-state index contributed by atoms with van der Waals surface area (Å²) in [6, 6.07) is 1.86. The molecule has 2 N–H and O–H groups in total. The van der Waals surface area contributed by atoms with Crippen LogP contribution in [0.5, 0.6) is 0 Å². The minimum Gasteiger partial charge on any atom is -0.382 e. The topological polar surface area (TPSA) is 43.8 Å². The molecule has 0 bridgehead atoms. The third-order valence-electron chi connectivity index (χ3n) is 1.30. The fourth-order valence-corrected chi connectivity index (χ4v) is 1.18. The standard InChI is InChI=1S/C6H10BrN3/c1-5-4-6(8)9-10(5)3-2-7/h4H,2-3H2,1H3,(H2,8,9). The van der Waals surface area contributed by atoms with E-state index in [-0.39, 0.29) is 0 Å². The second-order valence-corrected chi connectivity index (χ2v) is 2.92. The summed E-state index contributed by atoms with van der Waals surface area (Å²) in [5.74, 6) is 0.596. The fourth-order valence-electron chi connectivity index (χ4n) is 0.842. The highest BCUT2D eigenvalue weighted by molar-refractivity contribution is 9.09. The number of aromatic nitrogens is 2. The predicted octanol–water partition coefficient (Wildman–Crippen LogP) is 1.17. The van der Waals surface area contributed by atoms with Crippen molar-refractivity contribution in [3.8, 4) is 0 Å². The summed E-state index contributed by atoms with van der Waals surface area (Å²) in [7, 11) is 0. The lowest BCUT2D eigenvalue weighted by Gasteiger charge is -1.97. The number of rotatable bonds is 2. The number of halogens is 1. The van der Waals surface area contributed by atoms with Crippen molar-refractivity contribution in [2.45, 2.75) is 13.5 Å². The van der Waals surface area contributed by atoms with Gasteiger partial charge in [-0.2, -0.15) is 5.10 Å². The second kappa shape index (κ2) is 3.05. The molecule has 1 rings (SSSR count). The summed E-state index contributed by atoms with van der Waals surface area (Å²) >= 11 is 3.33. The van der Waals surface area contributed by atoms with Crippen LogP contribution in [-0.2, 0) is 6.54 Å². The van der Waals surface area contributed by atoms with Crippen molar-refractivity contribution >= 4 is 21.7 Å². The first kappa shape index (κ1) is 7.60. The molecule has 0 saturated carbocycles. The van der Waals surface area contributed by atoms with Crippen LogP contribution in [0.1, 0.15) is 5.69 Å². The highest BCUT2D eigenvalue weighted by Crippen LogP contribution is 2.03. The fraction of sp³-hybridized carbons (Fsp3) is 0.500. The summed E-state index contributed by atoms with van der Waals surface area (Å²) < 4.78 is 1.88. The highest BCUT2D eigenvalue weighted by Gasteiger charge is 1.98. The van der Waals surface area contributed by atoms with Gasteiger partial charge in [0, 0.05) is 17.1 Å². The van der Waals surface area contributed by atoms with Crippen molar-refractivity contribution in [1.29, 1.82) is 0 Å². The third kappa shape index (κ3) is 1.50. The van der Waals surface area contributed by atoms with Crippen molar-refractivity contribution in [3.05, 3.63) is 11.8 Å². The Hall–Kier alpha value is -0.510. The van der Waals surface area contributed by atoms with Gasteiger partial charge in [-0.3, -0.25) is 4.68 Å². The summed E-state index contributed by atoms with van der Waals surface area (Å²) in [5.41, 5.74) is 6.57. The van der Waals surface area contributed by atoms with Crippen molar-refractivity contribution in [2.75, 3.05) is 11.1 Å². The predicted molar refractivity (Wildman–Crippen MR) is 45.2 cm³/mol. The Morgan fingerprint density at radius 3 is 2.90 bits per heavy atom. The summed E-state index contributed by atoms with van der Waals surface area (Å²) in [6.07, 6.45) is 0. The maximum atomic E-state index is 5.46. The molecule has 0 radical (unpaired) electrons. The lowest BCUT2D eigenvalue weighted by atomic mass is 10.5. The maximum absolute atomic E-state index is 5.46. The number of nitrogens with zero attached hydrogens (tertiary/aromatic N) is 2. The highest BCUT2D eigenvalue weighted by atomic mass is 79.9. The van der Waals surface area contributed by atoms with E-state index in [0.717, 1.165) is 17.6 Å². The molecule has 3 nitrogen and oxygen atoms in total. The van der Waals surface area contributed by atoms with Crippen LogP contribution < -0.4 is 5.73 Å². The van der Waals surface area contributed by atoms with Crippen LogP contribution in [0.2, 0.25) is 0 Å². The molecule has 0 unspecified atom stereocenters. The van der Waals surface area contributed by atoms with Gasteiger partial charge < -0.3 is 5.73 Å². The van der Waals surface area contributed by atoms with Crippen LogP contribution in [0.25, 0.3) is 0 Å². The maximum Gasteiger partial charge on any atom is 0.145 e. The first-order chi connectivity index (χ1) is 4.74. The van der Waals surface area contributed by atoms with Gasteiger partial charge in [0.1, 0.15) is 5.82 Å². The SMILES string of the molecule is Cc1cc(N)nn1CCBr. The van der Waals surface area contributed by atoms with E-state index in [0.29, 0.717) is 5.82 Å². The average molecular weight is 204 g/mol. The third-order valence-corrected chi connectivity index (χ3v) is 1.65. The van der Waals surface area contributed by atoms with Gasteiger partial charge >= 0.3 is 0 Å². The van der Waals surface area contributed by atoms with E-state index in [1.54, 1.807) is 0 Å². The number of alkyl halides is 1. The Morgan fingerprint density at radius 2 is 2.50 bits per heavy atom. The molecule has 1 aromatic heterocycles. The molecule has 0 amide bonds. The molecule has 0 aromatic carbocycles. The molecule has 0 aliphatic heterocycles. The van der Waals surface area contributed by atoms with E-state index in [1.807, 2.05) is 17.7 Å².